The molecule has 0 bridgehead atoms. The van der Waals surface area contributed by atoms with Gasteiger partial charge in [-0.2, -0.15) is 0 Å². The minimum atomic E-state index is -2.87. The van der Waals surface area contributed by atoms with Crippen LogP contribution in [0.3, 0.4) is 0 Å². The molecule has 0 unspecified atom stereocenters. The standard InChI is InChI=1S/C45H54BrNO5Si/c1-5-30(25-31-26-33(46)22-23-39(31)48)21-24-40-41-32(27-37-42(38(41)29-51-40)44(50)47(43(37)49)34-15-9-6-10-16-34)28-52-53(45(2,3)4,35-17-11-7-12-18-35)36-19-13-8-14-20-36/h7-8,11-14,17-20,22-23,25-26,34,37-38,40,42,48H,5-6,9-10,15-16,21,24,27-29H2,1-4H3/b30-25+/t37-,38+,40-,42-/m1/s1. The maximum Gasteiger partial charge on any atom is 0.261 e. The van der Waals surface area contributed by atoms with Crippen molar-refractivity contribution in [2.75, 3.05) is 13.2 Å². The molecule has 3 fully saturated rings. The summed E-state index contributed by atoms with van der Waals surface area (Å²) < 4.78 is 15.1. The summed E-state index contributed by atoms with van der Waals surface area (Å²) >= 11 is 3.55. The van der Waals surface area contributed by atoms with Crippen LogP contribution in [0.1, 0.15) is 91.0 Å². The number of nitrogens with zero attached hydrogens (tertiary/aromatic N) is 1. The molecule has 3 aromatic carbocycles. The Morgan fingerprint density at radius 1 is 0.943 bits per heavy atom. The molecule has 1 saturated carbocycles. The maximum atomic E-state index is 14.4. The maximum absolute atomic E-state index is 14.4. The van der Waals surface area contributed by atoms with Crippen molar-refractivity contribution < 1.29 is 23.9 Å². The highest BCUT2D eigenvalue weighted by atomic mass is 79.9. The number of amides is 2. The van der Waals surface area contributed by atoms with E-state index in [2.05, 4.69) is 110 Å². The number of imide groups is 1. The molecule has 280 valence electrons. The lowest BCUT2D eigenvalue weighted by molar-refractivity contribution is -0.143. The van der Waals surface area contributed by atoms with Gasteiger partial charge in [0.2, 0.25) is 11.8 Å². The van der Waals surface area contributed by atoms with E-state index in [9.17, 15) is 14.7 Å². The Morgan fingerprint density at radius 2 is 1.60 bits per heavy atom. The molecule has 0 aromatic heterocycles. The Morgan fingerprint density at radius 3 is 2.23 bits per heavy atom. The molecular weight excluding hydrogens is 742 g/mol. The highest BCUT2D eigenvalue weighted by molar-refractivity contribution is 9.10. The van der Waals surface area contributed by atoms with Crippen molar-refractivity contribution in [3.05, 3.63) is 106 Å². The first-order valence-corrected chi connectivity index (χ1v) is 22.4. The molecular formula is C45H54BrNO5Si. The molecule has 2 aliphatic heterocycles. The molecule has 4 atom stereocenters. The number of halogens is 1. The average molecular weight is 797 g/mol. The Labute approximate surface area is 324 Å². The number of hydrogen-bond acceptors (Lipinski definition) is 5. The first-order chi connectivity index (χ1) is 25.5. The van der Waals surface area contributed by atoms with Gasteiger partial charge < -0.3 is 14.3 Å². The lowest BCUT2D eigenvalue weighted by Crippen LogP contribution is -2.66. The molecule has 6 nitrogen and oxygen atoms in total. The lowest BCUT2D eigenvalue weighted by atomic mass is 9.69. The zero-order chi connectivity index (χ0) is 37.3. The van der Waals surface area contributed by atoms with Crippen molar-refractivity contribution in [1.29, 1.82) is 0 Å². The number of benzene rings is 3. The van der Waals surface area contributed by atoms with E-state index in [1.165, 1.54) is 27.9 Å². The first-order valence-electron chi connectivity index (χ1n) is 19.7. The predicted molar refractivity (Wildman–Crippen MR) is 217 cm³/mol. The van der Waals surface area contributed by atoms with Gasteiger partial charge in [0.1, 0.15) is 5.75 Å². The van der Waals surface area contributed by atoms with Crippen LogP contribution in [-0.4, -0.2) is 55.5 Å². The number of aromatic hydroxyl groups is 1. The normalized spacial score (nSPS) is 24.2. The fourth-order valence-electron chi connectivity index (χ4n) is 9.81. The van der Waals surface area contributed by atoms with Crippen molar-refractivity contribution in [3.8, 4) is 5.75 Å². The van der Waals surface area contributed by atoms with Crippen molar-refractivity contribution >= 4 is 52.5 Å². The van der Waals surface area contributed by atoms with E-state index < -0.39 is 8.32 Å². The Hall–Kier alpha value is -3.30. The molecule has 2 aliphatic carbocycles. The van der Waals surface area contributed by atoms with Gasteiger partial charge >= 0.3 is 0 Å². The van der Waals surface area contributed by atoms with Crippen LogP contribution in [-0.2, 0) is 18.8 Å². The highest BCUT2D eigenvalue weighted by Gasteiger charge is 2.59. The second kappa shape index (κ2) is 15.8. The largest absolute Gasteiger partial charge is 0.507 e. The summed E-state index contributed by atoms with van der Waals surface area (Å²) in [6, 6.07) is 26.9. The number of phenolic OH excluding ortho intramolecular Hbond substituents is 1. The number of carbonyl (C=O) groups excluding carboxylic acids is 2. The molecule has 2 saturated heterocycles. The zero-order valence-corrected chi connectivity index (χ0v) is 34.2. The quantitative estimate of drug-likeness (QED) is 0.119. The van der Waals surface area contributed by atoms with Crippen molar-refractivity contribution in [1.82, 2.24) is 4.90 Å². The van der Waals surface area contributed by atoms with Crippen LogP contribution in [0.2, 0.25) is 5.04 Å². The van der Waals surface area contributed by atoms with Crippen LogP contribution in [0.25, 0.3) is 6.08 Å². The van der Waals surface area contributed by atoms with E-state index in [1.807, 2.05) is 12.1 Å². The average Bonchev–Trinajstić information content (AvgIpc) is 3.69. The molecule has 1 N–H and O–H groups in total. The molecule has 0 radical (unpaired) electrons. The van der Waals surface area contributed by atoms with Crippen LogP contribution in [0.4, 0.5) is 0 Å². The molecule has 3 aromatic rings. The van der Waals surface area contributed by atoms with Crippen LogP contribution >= 0.6 is 15.9 Å². The summed E-state index contributed by atoms with van der Waals surface area (Å²) in [6.45, 7) is 9.87. The molecule has 0 spiro atoms. The van der Waals surface area contributed by atoms with E-state index in [4.69, 9.17) is 9.16 Å². The van der Waals surface area contributed by atoms with Gasteiger partial charge in [-0.15, -0.1) is 0 Å². The van der Waals surface area contributed by atoms with Gasteiger partial charge in [-0.25, -0.2) is 0 Å². The summed E-state index contributed by atoms with van der Waals surface area (Å²) in [4.78, 5) is 30.4. The van der Waals surface area contributed by atoms with Crippen molar-refractivity contribution in [2.45, 2.75) is 103 Å². The smallest absolute Gasteiger partial charge is 0.261 e. The third kappa shape index (κ3) is 7.29. The summed E-state index contributed by atoms with van der Waals surface area (Å²) in [5.41, 5.74) is 4.35. The van der Waals surface area contributed by atoms with Crippen LogP contribution in [0.5, 0.6) is 5.75 Å². The van der Waals surface area contributed by atoms with Crippen molar-refractivity contribution in [2.24, 2.45) is 17.8 Å². The van der Waals surface area contributed by atoms with E-state index in [-0.39, 0.29) is 52.5 Å². The minimum Gasteiger partial charge on any atom is -0.507 e. The summed E-state index contributed by atoms with van der Waals surface area (Å²) in [7, 11) is -2.87. The minimum absolute atomic E-state index is 0.0133. The molecule has 2 heterocycles. The predicted octanol–water partition coefficient (Wildman–Crippen LogP) is 8.95. The molecule has 53 heavy (non-hydrogen) atoms. The molecule has 8 heteroatoms. The number of carbonyl (C=O) groups is 2. The third-order valence-corrected chi connectivity index (χ3v) is 17.9. The van der Waals surface area contributed by atoms with Gasteiger partial charge in [0.05, 0.1) is 31.2 Å². The molecule has 7 rings (SSSR count). The van der Waals surface area contributed by atoms with Gasteiger partial charge in [-0.3, -0.25) is 14.5 Å². The summed E-state index contributed by atoms with van der Waals surface area (Å²) in [5.74, 6) is -0.589. The SMILES string of the molecule is CC/C(=C\c1cc(Br)ccc1O)CC[C@H]1OC[C@H]2C1=C(CO[Si](c1ccccc1)(c1ccccc1)C(C)(C)C)C[C@H]1C(=O)N(C3CCCCC3)C(=O)[C@H]12. The summed E-state index contributed by atoms with van der Waals surface area (Å²) in [6.07, 6.45) is 9.97. The van der Waals surface area contributed by atoms with Gasteiger partial charge in [0.15, 0.2) is 0 Å². The zero-order valence-electron chi connectivity index (χ0n) is 31.7. The van der Waals surface area contributed by atoms with Gasteiger partial charge in [-0.1, -0.05) is 135 Å². The monoisotopic (exact) mass is 795 g/mol. The fourth-order valence-corrected chi connectivity index (χ4v) is 14.7. The van der Waals surface area contributed by atoms with Crippen LogP contribution < -0.4 is 10.4 Å². The van der Waals surface area contributed by atoms with E-state index in [1.54, 1.807) is 11.0 Å². The number of fused-ring (bicyclic) bond motifs is 3. The van der Waals surface area contributed by atoms with Crippen LogP contribution in [0, 0.1) is 17.8 Å². The lowest BCUT2D eigenvalue weighted by Gasteiger charge is -2.44. The number of ether oxygens (including phenoxy) is 1. The van der Waals surface area contributed by atoms with Gasteiger partial charge in [0.25, 0.3) is 8.32 Å². The number of phenols is 1. The highest BCUT2D eigenvalue weighted by Crippen LogP contribution is 2.51. The third-order valence-electron chi connectivity index (χ3n) is 12.4. The second-order valence-corrected chi connectivity index (χ2v) is 21.7. The van der Waals surface area contributed by atoms with Gasteiger partial charge in [0, 0.05) is 22.0 Å². The molecule has 4 aliphatic rings. The Balaban J connectivity index is 1.26. The fraction of sp³-hybridized carbons (Fsp3) is 0.467. The van der Waals surface area contributed by atoms with Crippen LogP contribution in [0.15, 0.2) is 100 Å². The second-order valence-electron chi connectivity index (χ2n) is 16.5. The Bertz CT molecular complexity index is 1820. The number of likely N-dealkylation sites (tertiary alicyclic amines) is 1. The first kappa shape index (κ1) is 38.0. The topological polar surface area (TPSA) is 76.1 Å². The number of allylic oxidation sites excluding steroid dienone is 1. The van der Waals surface area contributed by atoms with E-state index in [0.29, 0.717) is 19.6 Å². The van der Waals surface area contributed by atoms with Crippen molar-refractivity contribution in [3.63, 3.8) is 0 Å². The Kier molecular flexibility index (Phi) is 11.3. The van der Waals surface area contributed by atoms with E-state index >= 15 is 0 Å². The van der Waals surface area contributed by atoms with E-state index in [0.717, 1.165) is 60.6 Å². The summed E-state index contributed by atoms with van der Waals surface area (Å²) in [5, 5.41) is 12.8. The van der Waals surface area contributed by atoms with Gasteiger partial charge in [-0.05, 0) is 83.3 Å². The number of rotatable bonds is 11. The molecule has 2 amide bonds. The number of hydrogen-bond donors (Lipinski definition) is 1.